The molecule has 7 nitrogen and oxygen atoms in total. The summed E-state index contributed by atoms with van der Waals surface area (Å²) in [5.41, 5.74) is 2.00. The molecule has 3 rings (SSSR count). The summed E-state index contributed by atoms with van der Waals surface area (Å²) >= 11 is 0. The summed E-state index contributed by atoms with van der Waals surface area (Å²) in [5, 5.41) is 4.50. The van der Waals surface area contributed by atoms with Crippen molar-refractivity contribution in [1.82, 2.24) is 19.6 Å². The van der Waals surface area contributed by atoms with Crippen molar-refractivity contribution in [1.29, 1.82) is 0 Å². The Labute approximate surface area is 136 Å². The van der Waals surface area contributed by atoms with E-state index in [1.807, 2.05) is 25.5 Å². The van der Waals surface area contributed by atoms with E-state index >= 15 is 0 Å². The first-order valence-corrected chi connectivity index (χ1v) is 8.08. The third-order valence-electron chi connectivity index (χ3n) is 4.20. The SMILES string of the molecule is CN1CCc2c(nn3c2CN(C(=O)OC(C)(C)C)CCC3)C1=O. The number of ether oxygens (including phenoxy) is 1. The van der Waals surface area contributed by atoms with Crippen LogP contribution in [0.5, 0.6) is 0 Å². The third-order valence-corrected chi connectivity index (χ3v) is 4.20. The number of fused-ring (bicyclic) bond motifs is 3. The van der Waals surface area contributed by atoms with Crippen LogP contribution in [-0.2, 0) is 24.2 Å². The predicted octanol–water partition coefficient (Wildman–Crippen LogP) is 1.65. The van der Waals surface area contributed by atoms with E-state index in [0.717, 1.165) is 30.6 Å². The van der Waals surface area contributed by atoms with Crippen LogP contribution in [0.25, 0.3) is 0 Å². The van der Waals surface area contributed by atoms with Gasteiger partial charge in [-0.3, -0.25) is 9.48 Å². The number of aryl methyl sites for hydroxylation is 1. The molecule has 0 atom stereocenters. The lowest BCUT2D eigenvalue weighted by molar-refractivity contribution is 0.0236. The maximum absolute atomic E-state index is 12.4. The lowest BCUT2D eigenvalue weighted by Crippen LogP contribution is -2.37. The van der Waals surface area contributed by atoms with E-state index in [0.29, 0.717) is 25.3 Å². The molecule has 0 bridgehead atoms. The minimum atomic E-state index is -0.512. The molecule has 23 heavy (non-hydrogen) atoms. The molecule has 0 aromatic carbocycles. The van der Waals surface area contributed by atoms with Crippen LogP contribution in [0, 0.1) is 0 Å². The zero-order valence-corrected chi connectivity index (χ0v) is 14.3. The molecule has 2 amide bonds. The number of likely N-dealkylation sites (N-methyl/N-ethyl adjacent to an activating group) is 1. The number of hydrogen-bond acceptors (Lipinski definition) is 4. The highest BCUT2D eigenvalue weighted by Gasteiger charge is 2.32. The summed E-state index contributed by atoms with van der Waals surface area (Å²) in [6.45, 7) is 8.10. The molecule has 0 spiro atoms. The van der Waals surface area contributed by atoms with E-state index in [1.165, 1.54) is 0 Å². The Bertz CT molecular complexity index is 644. The Balaban J connectivity index is 1.87. The average molecular weight is 320 g/mol. The summed E-state index contributed by atoms with van der Waals surface area (Å²) < 4.78 is 7.38. The quantitative estimate of drug-likeness (QED) is 0.729. The van der Waals surface area contributed by atoms with E-state index in [-0.39, 0.29) is 12.0 Å². The molecule has 1 aromatic heterocycles. The van der Waals surface area contributed by atoms with Gasteiger partial charge in [-0.1, -0.05) is 0 Å². The summed E-state index contributed by atoms with van der Waals surface area (Å²) in [5.74, 6) is -0.0318. The van der Waals surface area contributed by atoms with Gasteiger partial charge in [-0.25, -0.2) is 4.79 Å². The Morgan fingerprint density at radius 3 is 2.65 bits per heavy atom. The first kappa shape index (κ1) is 15.8. The zero-order valence-electron chi connectivity index (χ0n) is 14.3. The average Bonchev–Trinajstić information content (AvgIpc) is 2.65. The van der Waals surface area contributed by atoms with Crippen molar-refractivity contribution in [3.05, 3.63) is 17.0 Å². The van der Waals surface area contributed by atoms with Gasteiger partial charge in [0.15, 0.2) is 5.69 Å². The fraction of sp³-hybridized carbons (Fsp3) is 0.688. The predicted molar refractivity (Wildman–Crippen MR) is 84.2 cm³/mol. The minimum Gasteiger partial charge on any atom is -0.444 e. The van der Waals surface area contributed by atoms with Crippen molar-refractivity contribution in [3.63, 3.8) is 0 Å². The van der Waals surface area contributed by atoms with Gasteiger partial charge >= 0.3 is 6.09 Å². The van der Waals surface area contributed by atoms with Crippen LogP contribution in [0.3, 0.4) is 0 Å². The molecule has 0 aliphatic carbocycles. The molecular weight excluding hydrogens is 296 g/mol. The minimum absolute atomic E-state index is 0.0318. The van der Waals surface area contributed by atoms with Crippen LogP contribution in [0.1, 0.15) is 48.9 Å². The summed E-state index contributed by atoms with van der Waals surface area (Å²) in [6, 6.07) is 0. The van der Waals surface area contributed by atoms with Gasteiger partial charge in [-0.05, 0) is 33.6 Å². The van der Waals surface area contributed by atoms with Gasteiger partial charge in [-0.2, -0.15) is 5.10 Å². The van der Waals surface area contributed by atoms with E-state index in [1.54, 1.807) is 16.8 Å². The maximum Gasteiger partial charge on any atom is 0.410 e. The van der Waals surface area contributed by atoms with Crippen molar-refractivity contribution in [2.24, 2.45) is 0 Å². The van der Waals surface area contributed by atoms with Gasteiger partial charge in [0.1, 0.15) is 5.60 Å². The molecule has 2 aliphatic rings. The van der Waals surface area contributed by atoms with Crippen LogP contribution in [-0.4, -0.2) is 57.3 Å². The monoisotopic (exact) mass is 320 g/mol. The number of aromatic nitrogens is 2. The Kier molecular flexibility index (Phi) is 3.82. The molecule has 126 valence electrons. The standard InChI is InChI=1S/C16H24N4O3/c1-16(2,3)23-15(22)19-7-5-8-20-12(10-19)11-6-9-18(4)14(21)13(11)17-20/h5-10H2,1-4H3. The van der Waals surface area contributed by atoms with Gasteiger partial charge in [0.25, 0.3) is 5.91 Å². The van der Waals surface area contributed by atoms with Crippen LogP contribution in [0.4, 0.5) is 4.79 Å². The van der Waals surface area contributed by atoms with Crippen LogP contribution < -0.4 is 0 Å². The fourth-order valence-corrected chi connectivity index (χ4v) is 3.05. The van der Waals surface area contributed by atoms with Crippen LogP contribution in [0.15, 0.2) is 0 Å². The molecule has 3 heterocycles. The first-order chi connectivity index (χ1) is 10.8. The number of carbonyl (C=O) groups is 2. The van der Waals surface area contributed by atoms with Crippen molar-refractivity contribution in [3.8, 4) is 0 Å². The number of carbonyl (C=O) groups excluding carboxylic acids is 2. The van der Waals surface area contributed by atoms with Crippen molar-refractivity contribution < 1.29 is 14.3 Å². The first-order valence-electron chi connectivity index (χ1n) is 8.08. The van der Waals surface area contributed by atoms with Gasteiger partial charge in [-0.15, -0.1) is 0 Å². The maximum atomic E-state index is 12.4. The fourth-order valence-electron chi connectivity index (χ4n) is 3.05. The second-order valence-electron chi connectivity index (χ2n) is 7.23. The number of nitrogens with zero attached hydrogens (tertiary/aromatic N) is 4. The van der Waals surface area contributed by atoms with E-state index < -0.39 is 5.60 Å². The van der Waals surface area contributed by atoms with Gasteiger partial charge < -0.3 is 14.5 Å². The second kappa shape index (κ2) is 5.54. The van der Waals surface area contributed by atoms with Crippen molar-refractivity contribution in [2.75, 3.05) is 20.1 Å². The van der Waals surface area contributed by atoms with Crippen LogP contribution >= 0.6 is 0 Å². The molecule has 2 aliphatic heterocycles. The molecule has 0 radical (unpaired) electrons. The highest BCUT2D eigenvalue weighted by molar-refractivity contribution is 5.95. The molecule has 0 fully saturated rings. The Hall–Kier alpha value is -2.05. The highest BCUT2D eigenvalue weighted by atomic mass is 16.6. The van der Waals surface area contributed by atoms with Crippen molar-refractivity contribution in [2.45, 2.75) is 52.3 Å². The third kappa shape index (κ3) is 3.04. The van der Waals surface area contributed by atoms with Crippen molar-refractivity contribution >= 4 is 12.0 Å². The van der Waals surface area contributed by atoms with E-state index in [2.05, 4.69) is 5.10 Å². The number of hydrogen-bond donors (Lipinski definition) is 0. The lowest BCUT2D eigenvalue weighted by Gasteiger charge is -2.27. The molecule has 0 saturated carbocycles. The summed E-state index contributed by atoms with van der Waals surface area (Å²) in [4.78, 5) is 28.1. The molecule has 1 aromatic rings. The highest BCUT2D eigenvalue weighted by Crippen LogP contribution is 2.25. The molecule has 0 saturated heterocycles. The number of rotatable bonds is 0. The molecule has 0 N–H and O–H groups in total. The second-order valence-corrected chi connectivity index (χ2v) is 7.23. The number of amides is 2. The molecule has 0 unspecified atom stereocenters. The molecule has 7 heteroatoms. The van der Waals surface area contributed by atoms with E-state index in [9.17, 15) is 9.59 Å². The van der Waals surface area contributed by atoms with Gasteiger partial charge in [0, 0.05) is 32.2 Å². The van der Waals surface area contributed by atoms with E-state index in [4.69, 9.17) is 4.74 Å². The summed E-state index contributed by atoms with van der Waals surface area (Å²) in [7, 11) is 1.79. The van der Waals surface area contributed by atoms with Crippen LogP contribution in [0.2, 0.25) is 0 Å². The topological polar surface area (TPSA) is 67.7 Å². The smallest absolute Gasteiger partial charge is 0.410 e. The molecular formula is C16H24N4O3. The Morgan fingerprint density at radius 2 is 1.96 bits per heavy atom. The zero-order chi connectivity index (χ0) is 16.8. The summed E-state index contributed by atoms with van der Waals surface area (Å²) in [6.07, 6.45) is 1.28. The van der Waals surface area contributed by atoms with Gasteiger partial charge in [0.2, 0.25) is 0 Å². The largest absolute Gasteiger partial charge is 0.444 e. The normalized spacial score (nSPS) is 18.3. The Morgan fingerprint density at radius 1 is 1.22 bits per heavy atom. The van der Waals surface area contributed by atoms with Gasteiger partial charge in [0.05, 0.1) is 12.2 Å². The lowest BCUT2D eigenvalue weighted by atomic mass is 10.0.